The van der Waals surface area contributed by atoms with E-state index in [1.54, 1.807) is 30.5 Å². The first-order valence-electron chi connectivity index (χ1n) is 10.8. The van der Waals surface area contributed by atoms with E-state index in [1.807, 2.05) is 65.9 Å². The van der Waals surface area contributed by atoms with Crippen molar-refractivity contribution in [2.75, 3.05) is 14.2 Å². The number of fused-ring (bicyclic) bond motifs is 3. The molecule has 2 aromatic heterocycles. The van der Waals surface area contributed by atoms with Crippen LogP contribution in [0, 0.1) is 13.8 Å². The first-order chi connectivity index (χ1) is 16.5. The van der Waals surface area contributed by atoms with E-state index >= 15 is 0 Å². The standard InChI is InChI=1S/C26H24N4O3S/c1-16-9-11-22(32-3)18(13-16)15-34-26-28-27-25-29(21-14-17(2)10-12-23(21)33-4)24(31)19-7-5-6-8-20(19)30(25)26/h5-14H,15H2,1-4H3. The van der Waals surface area contributed by atoms with Crippen LogP contribution in [-0.4, -0.2) is 33.4 Å². The molecule has 7 nitrogen and oxygen atoms in total. The van der Waals surface area contributed by atoms with Gasteiger partial charge in [0.15, 0.2) is 5.16 Å². The molecule has 0 spiro atoms. The summed E-state index contributed by atoms with van der Waals surface area (Å²) in [5, 5.41) is 10.2. The van der Waals surface area contributed by atoms with Gasteiger partial charge in [-0.05, 0) is 49.7 Å². The molecule has 3 aromatic carbocycles. The molecular weight excluding hydrogens is 448 g/mol. The highest BCUT2D eigenvalue weighted by atomic mass is 32.2. The maximum atomic E-state index is 13.6. The second kappa shape index (κ2) is 8.87. The molecule has 0 radical (unpaired) electrons. The fourth-order valence-electron chi connectivity index (χ4n) is 4.13. The normalized spacial score (nSPS) is 11.3. The third-order valence-electron chi connectivity index (χ3n) is 5.76. The molecule has 0 fully saturated rings. The molecular formula is C26H24N4O3S. The van der Waals surface area contributed by atoms with Crippen LogP contribution in [0.25, 0.3) is 22.4 Å². The van der Waals surface area contributed by atoms with Gasteiger partial charge in [-0.15, -0.1) is 10.2 Å². The zero-order chi connectivity index (χ0) is 23.8. The predicted octanol–water partition coefficient (Wildman–Crippen LogP) is 4.96. The van der Waals surface area contributed by atoms with E-state index in [9.17, 15) is 4.79 Å². The highest BCUT2D eigenvalue weighted by molar-refractivity contribution is 7.98. The van der Waals surface area contributed by atoms with Crippen LogP contribution >= 0.6 is 11.8 Å². The van der Waals surface area contributed by atoms with Crippen LogP contribution in [-0.2, 0) is 5.75 Å². The SMILES string of the molecule is COc1ccc(C)cc1CSc1nnc2n(-c3cc(C)ccc3OC)c(=O)c3ccccc3n12. The molecule has 34 heavy (non-hydrogen) atoms. The second-order valence-corrected chi connectivity index (χ2v) is 9.00. The Balaban J connectivity index is 1.73. The lowest BCUT2D eigenvalue weighted by Gasteiger charge is -2.15. The number of nitrogens with zero attached hydrogens (tertiary/aromatic N) is 4. The van der Waals surface area contributed by atoms with Crippen LogP contribution in [0.2, 0.25) is 0 Å². The number of aryl methyl sites for hydroxylation is 2. The van der Waals surface area contributed by atoms with Gasteiger partial charge in [-0.2, -0.15) is 0 Å². The zero-order valence-corrected chi connectivity index (χ0v) is 20.2. The van der Waals surface area contributed by atoms with Crippen LogP contribution in [0.1, 0.15) is 16.7 Å². The summed E-state index contributed by atoms with van der Waals surface area (Å²) in [5.41, 5.74) is 4.46. The molecule has 0 unspecified atom stereocenters. The summed E-state index contributed by atoms with van der Waals surface area (Å²) in [6, 6.07) is 19.4. The van der Waals surface area contributed by atoms with Gasteiger partial charge < -0.3 is 9.47 Å². The summed E-state index contributed by atoms with van der Waals surface area (Å²) < 4.78 is 14.6. The van der Waals surface area contributed by atoms with Crippen LogP contribution in [0.4, 0.5) is 0 Å². The monoisotopic (exact) mass is 472 g/mol. The minimum absolute atomic E-state index is 0.170. The first-order valence-corrected chi connectivity index (χ1v) is 11.8. The van der Waals surface area contributed by atoms with Gasteiger partial charge in [0, 0.05) is 11.3 Å². The summed E-state index contributed by atoms with van der Waals surface area (Å²) in [6.07, 6.45) is 0. The average molecular weight is 473 g/mol. The second-order valence-electron chi connectivity index (χ2n) is 8.05. The molecule has 0 bridgehead atoms. The predicted molar refractivity (Wildman–Crippen MR) is 135 cm³/mol. The van der Waals surface area contributed by atoms with E-state index in [4.69, 9.17) is 9.47 Å². The Hall–Kier alpha value is -3.78. The van der Waals surface area contributed by atoms with Gasteiger partial charge >= 0.3 is 0 Å². The third-order valence-corrected chi connectivity index (χ3v) is 6.74. The minimum Gasteiger partial charge on any atom is -0.496 e. The lowest BCUT2D eigenvalue weighted by Crippen LogP contribution is -2.22. The molecule has 0 amide bonds. The minimum atomic E-state index is -0.170. The molecule has 0 atom stereocenters. The lowest BCUT2D eigenvalue weighted by molar-refractivity contribution is 0.411. The van der Waals surface area contributed by atoms with E-state index in [-0.39, 0.29) is 5.56 Å². The van der Waals surface area contributed by atoms with Gasteiger partial charge in [0.1, 0.15) is 11.5 Å². The number of benzene rings is 3. The molecule has 5 aromatic rings. The molecule has 2 heterocycles. The molecule has 0 saturated carbocycles. The van der Waals surface area contributed by atoms with Crippen molar-refractivity contribution < 1.29 is 9.47 Å². The van der Waals surface area contributed by atoms with Crippen molar-refractivity contribution in [1.29, 1.82) is 0 Å². The number of rotatable bonds is 6. The maximum Gasteiger partial charge on any atom is 0.267 e. The van der Waals surface area contributed by atoms with Gasteiger partial charge in [-0.25, -0.2) is 4.57 Å². The molecule has 172 valence electrons. The Morgan fingerprint density at radius 2 is 1.59 bits per heavy atom. The summed E-state index contributed by atoms with van der Waals surface area (Å²) in [4.78, 5) is 13.6. The van der Waals surface area contributed by atoms with Crippen molar-refractivity contribution in [3.05, 3.63) is 87.7 Å². The number of ether oxygens (including phenoxy) is 2. The molecule has 0 saturated heterocycles. The largest absolute Gasteiger partial charge is 0.496 e. The van der Waals surface area contributed by atoms with E-state index in [1.165, 1.54) is 0 Å². The van der Waals surface area contributed by atoms with Crippen molar-refractivity contribution >= 4 is 28.4 Å². The third kappa shape index (κ3) is 3.70. The number of para-hydroxylation sites is 1. The maximum absolute atomic E-state index is 13.6. The van der Waals surface area contributed by atoms with Crippen molar-refractivity contribution in [2.24, 2.45) is 0 Å². The van der Waals surface area contributed by atoms with E-state index in [2.05, 4.69) is 23.2 Å². The van der Waals surface area contributed by atoms with Crippen LogP contribution in [0.5, 0.6) is 11.5 Å². The fourth-order valence-corrected chi connectivity index (χ4v) is 5.04. The van der Waals surface area contributed by atoms with Gasteiger partial charge in [0.2, 0.25) is 5.78 Å². The fraction of sp³-hybridized carbons (Fsp3) is 0.192. The number of thioether (sulfide) groups is 1. The van der Waals surface area contributed by atoms with Gasteiger partial charge in [-0.3, -0.25) is 9.20 Å². The molecule has 8 heteroatoms. The molecule has 0 aliphatic rings. The quantitative estimate of drug-likeness (QED) is 0.325. The molecule has 0 N–H and O–H groups in total. The highest BCUT2D eigenvalue weighted by Gasteiger charge is 2.20. The Labute approximate surface area is 201 Å². The summed E-state index contributed by atoms with van der Waals surface area (Å²) in [7, 11) is 3.27. The zero-order valence-electron chi connectivity index (χ0n) is 19.4. The Morgan fingerprint density at radius 1 is 0.882 bits per heavy atom. The summed E-state index contributed by atoms with van der Waals surface area (Å²) >= 11 is 1.55. The highest BCUT2D eigenvalue weighted by Crippen LogP contribution is 2.31. The van der Waals surface area contributed by atoms with Crippen LogP contribution in [0.3, 0.4) is 0 Å². The van der Waals surface area contributed by atoms with Gasteiger partial charge in [0.05, 0.1) is 30.8 Å². The number of hydrogen-bond donors (Lipinski definition) is 0. The molecule has 0 aliphatic heterocycles. The summed E-state index contributed by atoms with van der Waals surface area (Å²) in [6.45, 7) is 4.04. The van der Waals surface area contributed by atoms with E-state index in [0.29, 0.717) is 33.5 Å². The number of aromatic nitrogens is 4. The van der Waals surface area contributed by atoms with Gasteiger partial charge in [0.25, 0.3) is 5.56 Å². The average Bonchev–Trinajstić information content (AvgIpc) is 3.27. The smallest absolute Gasteiger partial charge is 0.267 e. The summed E-state index contributed by atoms with van der Waals surface area (Å²) in [5.74, 6) is 2.50. The van der Waals surface area contributed by atoms with Crippen molar-refractivity contribution in [3.63, 3.8) is 0 Å². The Bertz CT molecular complexity index is 1590. The number of hydrogen-bond acceptors (Lipinski definition) is 6. The first kappa shape index (κ1) is 22.0. The van der Waals surface area contributed by atoms with Gasteiger partial charge in [-0.1, -0.05) is 47.7 Å². The van der Waals surface area contributed by atoms with E-state index < -0.39 is 0 Å². The molecule has 0 aliphatic carbocycles. The Morgan fingerprint density at radius 3 is 2.35 bits per heavy atom. The van der Waals surface area contributed by atoms with Crippen LogP contribution in [0.15, 0.2) is 70.6 Å². The van der Waals surface area contributed by atoms with Crippen LogP contribution < -0.4 is 15.0 Å². The van der Waals surface area contributed by atoms with Crippen molar-refractivity contribution in [3.8, 4) is 17.2 Å². The van der Waals surface area contributed by atoms with Crippen molar-refractivity contribution in [1.82, 2.24) is 19.2 Å². The lowest BCUT2D eigenvalue weighted by atomic mass is 10.1. The Kier molecular flexibility index (Phi) is 5.75. The van der Waals surface area contributed by atoms with Crippen molar-refractivity contribution in [2.45, 2.75) is 24.8 Å². The van der Waals surface area contributed by atoms with E-state index in [0.717, 1.165) is 28.0 Å². The molecule has 5 rings (SSSR count). The topological polar surface area (TPSA) is 70.7 Å². The number of methoxy groups -OCH3 is 2.